The van der Waals surface area contributed by atoms with Gasteiger partial charge in [0.1, 0.15) is 5.82 Å². The molecule has 0 aliphatic rings. The van der Waals surface area contributed by atoms with Crippen molar-refractivity contribution in [3.63, 3.8) is 0 Å². The third-order valence-electron chi connectivity index (χ3n) is 2.64. The van der Waals surface area contributed by atoms with E-state index in [1.54, 1.807) is 30.5 Å². The van der Waals surface area contributed by atoms with Crippen LogP contribution < -0.4 is 10.6 Å². The summed E-state index contributed by atoms with van der Waals surface area (Å²) in [6.45, 7) is 2.64. The van der Waals surface area contributed by atoms with Gasteiger partial charge in [0.15, 0.2) is 5.69 Å². The number of carbonyl (C=O) groups is 1. The van der Waals surface area contributed by atoms with Crippen LogP contribution >= 0.6 is 11.3 Å². The lowest BCUT2D eigenvalue weighted by molar-refractivity contribution is 0.0945. The van der Waals surface area contributed by atoms with Crippen molar-refractivity contribution in [2.45, 2.75) is 19.9 Å². The van der Waals surface area contributed by atoms with Crippen molar-refractivity contribution in [1.29, 1.82) is 0 Å². The highest BCUT2D eigenvalue weighted by molar-refractivity contribution is 7.11. The molecule has 0 atom stereocenters. The molecule has 1 amide bonds. The molecule has 2 heterocycles. The molecule has 5 nitrogen and oxygen atoms in total. The maximum Gasteiger partial charge on any atom is 0.272 e. The number of amides is 1. The Balaban J connectivity index is 1.93. The summed E-state index contributed by atoms with van der Waals surface area (Å²) < 4.78 is 0. The Hall–Kier alpha value is -1.95. The smallest absolute Gasteiger partial charge is 0.272 e. The van der Waals surface area contributed by atoms with Crippen LogP contribution in [0.1, 0.15) is 27.2 Å². The van der Waals surface area contributed by atoms with Crippen molar-refractivity contribution in [3.8, 4) is 0 Å². The van der Waals surface area contributed by atoms with Crippen LogP contribution in [0.5, 0.6) is 0 Å². The Morgan fingerprint density at radius 1 is 1.21 bits per heavy atom. The van der Waals surface area contributed by atoms with E-state index < -0.39 is 0 Å². The zero-order chi connectivity index (χ0) is 13.7. The van der Waals surface area contributed by atoms with E-state index in [1.165, 1.54) is 4.88 Å². The fraction of sp³-hybridized carbons (Fsp3) is 0.308. The van der Waals surface area contributed by atoms with E-state index in [0.29, 0.717) is 18.1 Å². The molecule has 0 fully saturated rings. The molecule has 2 rings (SSSR count). The molecule has 100 valence electrons. The van der Waals surface area contributed by atoms with E-state index in [1.807, 2.05) is 6.07 Å². The number of rotatable bonds is 5. The maximum atomic E-state index is 11.9. The van der Waals surface area contributed by atoms with E-state index >= 15 is 0 Å². The molecule has 2 N–H and O–H groups in total. The fourth-order valence-corrected chi connectivity index (χ4v) is 2.45. The fourth-order valence-electron chi connectivity index (χ4n) is 1.55. The monoisotopic (exact) mass is 276 g/mol. The average molecular weight is 276 g/mol. The van der Waals surface area contributed by atoms with Gasteiger partial charge in [-0.1, -0.05) is 6.92 Å². The first kappa shape index (κ1) is 13.5. The lowest BCUT2D eigenvalue weighted by Crippen LogP contribution is -2.23. The van der Waals surface area contributed by atoms with E-state index in [9.17, 15) is 4.79 Å². The molecule has 6 heteroatoms. The number of carbonyl (C=O) groups excluding carboxylic acids is 1. The maximum absolute atomic E-state index is 11.9. The Morgan fingerprint density at radius 2 is 2.00 bits per heavy atom. The number of nitrogens with one attached hydrogen (secondary N) is 2. The van der Waals surface area contributed by atoms with Crippen molar-refractivity contribution in [2.24, 2.45) is 0 Å². The van der Waals surface area contributed by atoms with Crippen LogP contribution in [0.4, 0.5) is 5.82 Å². The van der Waals surface area contributed by atoms with Crippen molar-refractivity contribution in [1.82, 2.24) is 15.5 Å². The normalized spacial score (nSPS) is 10.2. The Bertz CT molecular complexity index is 550. The van der Waals surface area contributed by atoms with Crippen LogP contribution in [0, 0.1) is 0 Å². The molecule has 2 aromatic heterocycles. The zero-order valence-corrected chi connectivity index (χ0v) is 11.8. The van der Waals surface area contributed by atoms with Gasteiger partial charge in [-0.3, -0.25) is 4.79 Å². The molecule has 19 heavy (non-hydrogen) atoms. The Morgan fingerprint density at radius 3 is 2.58 bits per heavy atom. The lowest BCUT2D eigenvalue weighted by Gasteiger charge is -2.03. The second kappa shape index (κ2) is 6.29. The minimum Gasteiger partial charge on any atom is -0.372 e. The van der Waals surface area contributed by atoms with Gasteiger partial charge in [-0.2, -0.15) is 0 Å². The van der Waals surface area contributed by atoms with Gasteiger partial charge in [0.05, 0.1) is 6.54 Å². The predicted octanol–water partition coefficient (Wildman–Crippen LogP) is 2.07. The SMILES string of the molecule is CCc1ccc(CNC(=O)c2ccc(NC)nn2)s1. The topological polar surface area (TPSA) is 66.9 Å². The summed E-state index contributed by atoms with van der Waals surface area (Å²) in [7, 11) is 1.76. The van der Waals surface area contributed by atoms with E-state index in [4.69, 9.17) is 0 Å². The number of aryl methyl sites for hydroxylation is 1. The largest absolute Gasteiger partial charge is 0.372 e. The first-order valence-corrected chi connectivity index (χ1v) is 6.92. The summed E-state index contributed by atoms with van der Waals surface area (Å²) >= 11 is 1.72. The lowest BCUT2D eigenvalue weighted by atomic mass is 10.3. The first-order valence-electron chi connectivity index (χ1n) is 6.10. The van der Waals surface area contributed by atoms with Crippen LogP contribution in [0.2, 0.25) is 0 Å². The zero-order valence-electron chi connectivity index (χ0n) is 10.9. The van der Waals surface area contributed by atoms with Crippen LogP contribution in [-0.2, 0) is 13.0 Å². The third-order valence-corrected chi connectivity index (χ3v) is 3.87. The van der Waals surface area contributed by atoms with Crippen molar-refractivity contribution in [2.75, 3.05) is 12.4 Å². The highest BCUT2D eigenvalue weighted by Crippen LogP contribution is 2.16. The second-order valence-corrected chi connectivity index (χ2v) is 5.21. The number of thiophene rings is 1. The van der Waals surface area contributed by atoms with Gasteiger partial charge in [0.2, 0.25) is 0 Å². The predicted molar refractivity (Wildman–Crippen MR) is 76.4 cm³/mol. The quantitative estimate of drug-likeness (QED) is 0.877. The highest BCUT2D eigenvalue weighted by Gasteiger charge is 2.08. The molecule has 0 bridgehead atoms. The van der Waals surface area contributed by atoms with E-state index in [0.717, 1.165) is 11.3 Å². The molecule has 0 aromatic carbocycles. The Labute approximate surface area is 116 Å². The summed E-state index contributed by atoms with van der Waals surface area (Å²) in [6.07, 6.45) is 1.02. The summed E-state index contributed by atoms with van der Waals surface area (Å²) in [5, 5.41) is 13.4. The van der Waals surface area contributed by atoms with Gasteiger partial charge < -0.3 is 10.6 Å². The number of hydrogen-bond acceptors (Lipinski definition) is 5. The summed E-state index contributed by atoms with van der Waals surface area (Å²) in [5.41, 5.74) is 0.325. The highest BCUT2D eigenvalue weighted by atomic mass is 32.1. The van der Waals surface area contributed by atoms with Gasteiger partial charge in [0.25, 0.3) is 5.91 Å². The van der Waals surface area contributed by atoms with E-state index in [-0.39, 0.29) is 5.91 Å². The number of anilines is 1. The molecule has 0 saturated heterocycles. The molecular formula is C13H16N4OS. The number of aromatic nitrogens is 2. The molecule has 2 aromatic rings. The van der Waals surface area contributed by atoms with Crippen LogP contribution in [0.15, 0.2) is 24.3 Å². The molecule has 0 aliphatic heterocycles. The minimum atomic E-state index is -0.207. The minimum absolute atomic E-state index is 0.207. The standard InChI is InChI=1S/C13H16N4OS/c1-3-9-4-5-10(19-9)8-15-13(18)11-6-7-12(14-2)17-16-11/h4-7H,3,8H2,1-2H3,(H,14,17)(H,15,18). The first-order chi connectivity index (χ1) is 9.22. The van der Waals surface area contributed by atoms with Crippen molar-refractivity contribution < 1.29 is 4.79 Å². The molecule has 0 unspecified atom stereocenters. The Kier molecular flexibility index (Phi) is 4.46. The van der Waals surface area contributed by atoms with Crippen LogP contribution in [0.25, 0.3) is 0 Å². The van der Waals surface area contributed by atoms with E-state index in [2.05, 4.69) is 33.8 Å². The summed E-state index contributed by atoms with van der Waals surface area (Å²) in [6, 6.07) is 7.51. The molecule has 0 saturated carbocycles. The van der Waals surface area contributed by atoms with Crippen LogP contribution in [0.3, 0.4) is 0 Å². The van der Waals surface area contributed by atoms with Crippen molar-refractivity contribution >= 4 is 23.1 Å². The average Bonchev–Trinajstić information content (AvgIpc) is 2.93. The van der Waals surface area contributed by atoms with Gasteiger partial charge in [-0.25, -0.2) is 0 Å². The van der Waals surface area contributed by atoms with Gasteiger partial charge >= 0.3 is 0 Å². The van der Waals surface area contributed by atoms with Gasteiger partial charge in [0, 0.05) is 16.8 Å². The second-order valence-electron chi connectivity index (χ2n) is 3.96. The van der Waals surface area contributed by atoms with Gasteiger partial charge in [-0.05, 0) is 30.7 Å². The molecular weight excluding hydrogens is 260 g/mol. The van der Waals surface area contributed by atoms with Crippen molar-refractivity contribution in [3.05, 3.63) is 39.7 Å². The molecule has 0 aliphatic carbocycles. The molecule has 0 spiro atoms. The van der Waals surface area contributed by atoms with Gasteiger partial charge in [-0.15, -0.1) is 21.5 Å². The van der Waals surface area contributed by atoms with Crippen LogP contribution in [-0.4, -0.2) is 23.2 Å². The summed E-state index contributed by atoms with van der Waals surface area (Å²) in [5.74, 6) is 0.434. The number of nitrogens with zero attached hydrogens (tertiary/aromatic N) is 2. The third kappa shape index (κ3) is 3.51. The molecule has 0 radical (unpaired) electrons. The summed E-state index contributed by atoms with van der Waals surface area (Å²) in [4.78, 5) is 14.3. The number of hydrogen-bond donors (Lipinski definition) is 2.